The number of nitrogens with two attached hydrogens (primary N) is 1. The first-order valence-electron chi connectivity index (χ1n) is 6.46. The zero-order valence-corrected chi connectivity index (χ0v) is 11.2. The highest BCUT2D eigenvalue weighted by Crippen LogP contribution is 2.20. The summed E-state index contributed by atoms with van der Waals surface area (Å²) in [5, 5.41) is 0. The van der Waals surface area contributed by atoms with Crippen LogP contribution in [-0.4, -0.2) is 27.2 Å². The number of hydrazine groups is 1. The molecule has 1 saturated heterocycles. The number of carbonyl (C=O) groups excluding carboxylic acids is 1. The number of nitrogens with one attached hydrogen (secondary N) is 1. The van der Waals surface area contributed by atoms with Crippen LogP contribution in [0.3, 0.4) is 0 Å². The van der Waals surface area contributed by atoms with Crippen molar-refractivity contribution in [2.24, 2.45) is 5.84 Å². The molecule has 1 fully saturated rings. The smallest absolute Gasteiger partial charge is 0.328 e. The molecule has 106 valence electrons. The lowest BCUT2D eigenvalue weighted by Crippen LogP contribution is -2.39. The van der Waals surface area contributed by atoms with Crippen molar-refractivity contribution in [1.82, 2.24) is 14.6 Å². The van der Waals surface area contributed by atoms with E-state index in [0.29, 0.717) is 13.0 Å². The van der Waals surface area contributed by atoms with Gasteiger partial charge in [-0.05, 0) is 26.7 Å². The minimum absolute atomic E-state index is 0.0506. The van der Waals surface area contributed by atoms with Crippen molar-refractivity contribution in [3.63, 3.8) is 0 Å². The normalized spacial score (nSPS) is 22.9. The van der Waals surface area contributed by atoms with Gasteiger partial charge in [0.05, 0.1) is 12.6 Å². The third kappa shape index (κ3) is 2.87. The average Bonchev–Trinajstić information content (AvgIpc) is 2.97. The Bertz CT molecular complexity index is 505. The lowest BCUT2D eigenvalue weighted by molar-refractivity contribution is -0.132. The monoisotopic (exact) mass is 268 g/mol. The van der Waals surface area contributed by atoms with Gasteiger partial charge in [-0.3, -0.25) is 19.4 Å². The maximum absolute atomic E-state index is 12.0. The Kier molecular flexibility index (Phi) is 4.06. The van der Waals surface area contributed by atoms with E-state index >= 15 is 0 Å². The summed E-state index contributed by atoms with van der Waals surface area (Å²) in [5.74, 6) is 4.76. The van der Waals surface area contributed by atoms with Crippen LogP contribution in [0.5, 0.6) is 0 Å². The van der Waals surface area contributed by atoms with E-state index in [0.717, 1.165) is 6.42 Å². The second kappa shape index (κ2) is 5.58. The van der Waals surface area contributed by atoms with E-state index in [1.165, 1.54) is 0 Å². The van der Waals surface area contributed by atoms with E-state index in [2.05, 4.69) is 5.43 Å². The summed E-state index contributed by atoms with van der Waals surface area (Å²) < 4.78 is 8.87. The fourth-order valence-electron chi connectivity index (χ4n) is 2.31. The topological polar surface area (TPSA) is 91.3 Å². The van der Waals surface area contributed by atoms with E-state index in [4.69, 9.17) is 10.6 Å². The predicted molar refractivity (Wildman–Crippen MR) is 69.3 cm³/mol. The fraction of sp³-hybridized carbons (Fsp3) is 0.667. The molecule has 1 aromatic heterocycles. The molecule has 0 aromatic carbocycles. The summed E-state index contributed by atoms with van der Waals surface area (Å²) in [4.78, 5) is 23.4. The first-order valence-corrected chi connectivity index (χ1v) is 6.46. The molecule has 0 radical (unpaired) electrons. The molecule has 1 aromatic rings. The van der Waals surface area contributed by atoms with E-state index in [1.54, 1.807) is 21.5 Å². The Balaban J connectivity index is 2.00. The summed E-state index contributed by atoms with van der Waals surface area (Å²) in [6, 6.07) is 0.133. The van der Waals surface area contributed by atoms with Crippen LogP contribution in [0.1, 0.15) is 32.7 Å². The molecule has 2 unspecified atom stereocenters. The number of ether oxygens (including phenoxy) is 1. The number of imidazole rings is 1. The molecule has 0 spiro atoms. The maximum Gasteiger partial charge on any atom is 0.328 e. The van der Waals surface area contributed by atoms with Gasteiger partial charge in [0.2, 0.25) is 0 Å². The highest BCUT2D eigenvalue weighted by atomic mass is 16.5. The number of aromatic nitrogens is 2. The highest BCUT2D eigenvalue weighted by Gasteiger charge is 2.30. The molecular formula is C12H20N4O3. The van der Waals surface area contributed by atoms with E-state index in [-0.39, 0.29) is 23.7 Å². The number of nitrogens with zero attached hydrogens (tertiary/aromatic N) is 2. The van der Waals surface area contributed by atoms with Crippen LogP contribution in [0.2, 0.25) is 0 Å². The third-order valence-corrected chi connectivity index (χ3v) is 3.37. The number of amides is 1. The molecule has 1 amide bonds. The van der Waals surface area contributed by atoms with Crippen molar-refractivity contribution in [3.8, 4) is 0 Å². The Labute approximate surface area is 111 Å². The van der Waals surface area contributed by atoms with Gasteiger partial charge >= 0.3 is 5.69 Å². The summed E-state index contributed by atoms with van der Waals surface area (Å²) in [6.45, 7) is 4.38. The first-order chi connectivity index (χ1) is 9.02. The van der Waals surface area contributed by atoms with Crippen LogP contribution < -0.4 is 17.0 Å². The van der Waals surface area contributed by atoms with E-state index in [1.807, 2.05) is 13.8 Å². The Morgan fingerprint density at radius 1 is 1.53 bits per heavy atom. The number of rotatable bonds is 4. The summed E-state index contributed by atoms with van der Waals surface area (Å²) in [7, 11) is 0. The number of hydrogen-bond acceptors (Lipinski definition) is 4. The van der Waals surface area contributed by atoms with Crippen molar-refractivity contribution in [2.45, 2.75) is 51.5 Å². The predicted octanol–water partition coefficient (Wildman–Crippen LogP) is -0.232. The number of carbonyl (C=O) groups is 1. The van der Waals surface area contributed by atoms with Crippen LogP contribution in [0.4, 0.5) is 0 Å². The Morgan fingerprint density at radius 3 is 2.84 bits per heavy atom. The molecule has 2 rings (SSSR count). The minimum Gasteiger partial charge on any atom is -0.363 e. The molecule has 1 aliphatic rings. The number of hydrogen-bond donors (Lipinski definition) is 2. The zero-order valence-electron chi connectivity index (χ0n) is 11.2. The summed E-state index contributed by atoms with van der Waals surface area (Å²) in [5.41, 5.74) is 2.03. The molecule has 7 nitrogen and oxygen atoms in total. The zero-order chi connectivity index (χ0) is 14.0. The van der Waals surface area contributed by atoms with Crippen LogP contribution in [0.25, 0.3) is 0 Å². The second-order valence-electron chi connectivity index (χ2n) is 5.07. The lowest BCUT2D eigenvalue weighted by atomic mass is 10.2. The first kappa shape index (κ1) is 13.8. The lowest BCUT2D eigenvalue weighted by Gasteiger charge is -2.12. The van der Waals surface area contributed by atoms with Gasteiger partial charge in [-0.25, -0.2) is 10.6 Å². The van der Waals surface area contributed by atoms with Crippen molar-refractivity contribution < 1.29 is 9.53 Å². The molecular weight excluding hydrogens is 248 g/mol. The van der Waals surface area contributed by atoms with Crippen LogP contribution in [0, 0.1) is 0 Å². The largest absolute Gasteiger partial charge is 0.363 e. The average molecular weight is 268 g/mol. The van der Waals surface area contributed by atoms with Crippen LogP contribution in [-0.2, 0) is 16.1 Å². The van der Waals surface area contributed by atoms with Crippen LogP contribution >= 0.6 is 0 Å². The third-order valence-electron chi connectivity index (χ3n) is 3.37. The summed E-state index contributed by atoms with van der Waals surface area (Å²) >= 11 is 0. The quantitative estimate of drug-likeness (QED) is 0.448. The van der Waals surface area contributed by atoms with Crippen molar-refractivity contribution in [2.75, 3.05) is 0 Å². The Hall–Kier alpha value is -1.60. The maximum atomic E-state index is 12.0. The van der Waals surface area contributed by atoms with Gasteiger partial charge in [0, 0.05) is 18.4 Å². The second-order valence-corrected chi connectivity index (χ2v) is 5.07. The molecule has 2 atom stereocenters. The van der Waals surface area contributed by atoms with Crippen molar-refractivity contribution >= 4 is 5.91 Å². The van der Waals surface area contributed by atoms with Crippen molar-refractivity contribution in [3.05, 3.63) is 22.9 Å². The van der Waals surface area contributed by atoms with Crippen LogP contribution in [0.15, 0.2) is 17.2 Å². The van der Waals surface area contributed by atoms with E-state index in [9.17, 15) is 9.59 Å². The summed E-state index contributed by atoms with van der Waals surface area (Å²) in [6.07, 6.45) is 4.28. The van der Waals surface area contributed by atoms with Crippen molar-refractivity contribution in [1.29, 1.82) is 0 Å². The van der Waals surface area contributed by atoms with Gasteiger partial charge in [0.1, 0.15) is 6.10 Å². The minimum atomic E-state index is -0.502. The Morgan fingerprint density at radius 2 is 2.26 bits per heavy atom. The molecule has 2 heterocycles. The van der Waals surface area contributed by atoms with Gasteiger partial charge in [-0.15, -0.1) is 0 Å². The molecule has 3 N–H and O–H groups in total. The SMILES string of the molecule is CC(C)n1ccn(CC2CCC(C(=O)NN)O2)c1=O. The molecule has 0 bridgehead atoms. The molecule has 7 heteroatoms. The fourth-order valence-corrected chi connectivity index (χ4v) is 2.31. The van der Waals surface area contributed by atoms with Gasteiger partial charge in [-0.1, -0.05) is 0 Å². The van der Waals surface area contributed by atoms with Gasteiger partial charge < -0.3 is 4.74 Å². The molecule has 1 aliphatic heterocycles. The van der Waals surface area contributed by atoms with Gasteiger partial charge in [0.15, 0.2) is 0 Å². The highest BCUT2D eigenvalue weighted by molar-refractivity contribution is 5.80. The molecule has 0 saturated carbocycles. The van der Waals surface area contributed by atoms with Gasteiger partial charge in [0.25, 0.3) is 5.91 Å². The molecule has 19 heavy (non-hydrogen) atoms. The standard InChI is InChI=1S/C12H20N4O3/c1-8(2)16-6-5-15(12(16)18)7-9-3-4-10(19-9)11(17)14-13/h5-6,8-10H,3-4,7,13H2,1-2H3,(H,14,17). The van der Waals surface area contributed by atoms with Gasteiger partial charge in [-0.2, -0.15) is 0 Å². The molecule has 0 aliphatic carbocycles. The van der Waals surface area contributed by atoms with E-state index < -0.39 is 6.10 Å².